The first kappa shape index (κ1) is 39.1. The second-order valence-electron chi connectivity index (χ2n) is 15.1. The number of halogens is 1. The number of rotatable bonds is 14. The Morgan fingerprint density at radius 1 is 1.06 bits per heavy atom. The van der Waals surface area contributed by atoms with Gasteiger partial charge in [0.15, 0.2) is 11.5 Å². The molecule has 3 heterocycles. The third-order valence-electron chi connectivity index (χ3n) is 9.40. The second-order valence-corrected chi connectivity index (χ2v) is 16.2. The first-order chi connectivity index (χ1) is 24.4. The van der Waals surface area contributed by atoms with Gasteiger partial charge in [0.1, 0.15) is 30.1 Å². The molecule has 4 N–H and O–H groups in total. The van der Waals surface area contributed by atoms with E-state index in [0.29, 0.717) is 59.2 Å². The highest BCUT2D eigenvalue weighted by molar-refractivity contribution is 7.46. The molecule has 282 valence electrons. The van der Waals surface area contributed by atoms with E-state index in [1.807, 2.05) is 41.5 Å². The van der Waals surface area contributed by atoms with E-state index >= 15 is 0 Å². The maximum atomic E-state index is 13.5. The minimum Gasteiger partial charge on any atom is -0.493 e. The molecular weight excluding hydrogens is 692 g/mol. The average molecular weight is 742 g/mol. The van der Waals surface area contributed by atoms with Crippen molar-refractivity contribution in [3.05, 3.63) is 60.9 Å². The van der Waals surface area contributed by atoms with Gasteiger partial charge in [-0.2, -0.15) is 5.10 Å². The lowest BCUT2D eigenvalue weighted by Gasteiger charge is -2.57. The monoisotopic (exact) mass is 741 g/mol. The Hall–Kier alpha value is -4.14. The number of amides is 1. The molecule has 0 bridgehead atoms. The number of hydrogen-bond donors (Lipinski definition) is 4. The minimum atomic E-state index is -4.81. The van der Waals surface area contributed by atoms with Crippen LogP contribution in [-0.2, 0) is 20.4 Å². The predicted octanol–water partition coefficient (Wildman–Crippen LogP) is 6.53. The number of fused-ring (bicyclic) bond motifs is 1. The number of methoxy groups -OCH3 is 1. The highest BCUT2D eigenvalue weighted by atomic mass is 31.2. The number of nitrogens with one attached hydrogen (secondary N) is 2. The summed E-state index contributed by atoms with van der Waals surface area (Å²) < 4.78 is 45.0. The van der Waals surface area contributed by atoms with Crippen molar-refractivity contribution in [1.29, 1.82) is 0 Å². The van der Waals surface area contributed by atoms with Crippen LogP contribution in [0.15, 0.2) is 55.1 Å². The van der Waals surface area contributed by atoms with E-state index in [-0.39, 0.29) is 18.5 Å². The van der Waals surface area contributed by atoms with Gasteiger partial charge in [-0.25, -0.2) is 18.9 Å². The summed E-state index contributed by atoms with van der Waals surface area (Å²) in [4.78, 5) is 43.7. The van der Waals surface area contributed by atoms with Crippen molar-refractivity contribution in [3.63, 3.8) is 0 Å². The molecule has 0 unspecified atom stereocenters. The van der Waals surface area contributed by atoms with Crippen LogP contribution in [0.25, 0.3) is 10.9 Å². The number of carbonyl (C=O) groups excluding carboxylic acids is 1. The Balaban J connectivity index is 1.24. The number of anilines is 3. The quantitative estimate of drug-likeness (QED) is 0.0815. The van der Waals surface area contributed by atoms with Crippen LogP contribution >= 0.6 is 7.82 Å². The molecule has 0 spiro atoms. The van der Waals surface area contributed by atoms with Crippen molar-refractivity contribution in [2.45, 2.75) is 79.0 Å². The molecule has 1 fully saturated rings. The van der Waals surface area contributed by atoms with Gasteiger partial charge in [-0.1, -0.05) is 47.6 Å². The van der Waals surface area contributed by atoms with Crippen LogP contribution in [0.3, 0.4) is 0 Å². The van der Waals surface area contributed by atoms with Crippen molar-refractivity contribution in [2.24, 2.45) is 10.8 Å². The molecule has 0 radical (unpaired) electrons. The zero-order valence-corrected chi connectivity index (χ0v) is 31.6. The zero-order valence-electron chi connectivity index (χ0n) is 30.7. The summed E-state index contributed by atoms with van der Waals surface area (Å²) in [6.45, 7) is 13.6. The van der Waals surface area contributed by atoms with Crippen LogP contribution in [0.5, 0.6) is 11.5 Å². The standard InChI is InChI=1S/C36H49FN7O7P/c1-34(2,3)36(35(4,5)6,51-52(46,47)48)31-13-9-14-43(31)15-10-16-50-30-19-28-27(18-29(30)49-7)33(39-23-38-28)42-26-20-40-44(21-26)22-32(45)41-25-12-8-11-24(37)17-25/h8,11-12,17-21,23,31H,9-10,13-16,22H2,1-7H3,(H,41,45)(H,38,39,42)(H2,46,47,48)/t31-/m0/s1. The summed E-state index contributed by atoms with van der Waals surface area (Å²) in [5.74, 6) is 0.697. The molecule has 1 amide bonds. The van der Waals surface area contributed by atoms with Crippen molar-refractivity contribution >= 4 is 41.8 Å². The van der Waals surface area contributed by atoms with E-state index in [2.05, 4.69) is 30.6 Å². The third kappa shape index (κ3) is 8.89. The van der Waals surface area contributed by atoms with E-state index in [1.54, 1.807) is 37.7 Å². The van der Waals surface area contributed by atoms with Gasteiger partial charge >= 0.3 is 7.82 Å². The van der Waals surface area contributed by atoms with Gasteiger partial charge in [0.25, 0.3) is 0 Å². The number of nitrogens with zero attached hydrogens (tertiary/aromatic N) is 5. The molecule has 4 aromatic rings. The maximum absolute atomic E-state index is 13.5. The first-order valence-corrected chi connectivity index (χ1v) is 18.7. The van der Waals surface area contributed by atoms with Crippen molar-refractivity contribution in [2.75, 3.05) is 37.4 Å². The number of likely N-dealkylation sites (tertiary alicyclic amines) is 1. The first-order valence-electron chi connectivity index (χ1n) is 17.2. The predicted molar refractivity (Wildman–Crippen MR) is 196 cm³/mol. The summed E-state index contributed by atoms with van der Waals surface area (Å²) in [5, 5.41) is 10.8. The van der Waals surface area contributed by atoms with Gasteiger partial charge in [0.05, 0.1) is 31.1 Å². The average Bonchev–Trinajstić information content (AvgIpc) is 3.69. The highest BCUT2D eigenvalue weighted by Gasteiger charge is 2.61. The van der Waals surface area contributed by atoms with Crippen LogP contribution in [0.2, 0.25) is 0 Å². The molecule has 5 rings (SSSR count). The summed E-state index contributed by atoms with van der Waals surface area (Å²) in [7, 11) is -3.26. The number of phosphoric ester groups is 1. The van der Waals surface area contributed by atoms with Crippen LogP contribution in [-0.4, -0.2) is 78.8 Å². The summed E-state index contributed by atoms with van der Waals surface area (Å²) in [5.41, 5.74) is -0.717. The molecule has 16 heteroatoms. The number of phosphoric acid groups is 1. The van der Waals surface area contributed by atoms with Crippen LogP contribution in [0.4, 0.5) is 21.6 Å². The Bertz CT molecular complexity index is 1910. The normalized spacial score (nSPS) is 15.9. The van der Waals surface area contributed by atoms with Crippen molar-refractivity contribution < 1.29 is 37.5 Å². The molecule has 2 aromatic carbocycles. The van der Waals surface area contributed by atoms with E-state index < -0.39 is 30.1 Å². The molecule has 1 atom stereocenters. The van der Waals surface area contributed by atoms with Crippen molar-refractivity contribution in [1.82, 2.24) is 24.6 Å². The number of benzene rings is 2. The molecule has 52 heavy (non-hydrogen) atoms. The summed E-state index contributed by atoms with van der Waals surface area (Å²) in [6, 6.07) is 9.04. The topological polar surface area (TPSA) is 173 Å². The van der Waals surface area contributed by atoms with Crippen LogP contribution < -0.4 is 20.1 Å². The third-order valence-corrected chi connectivity index (χ3v) is 9.93. The zero-order chi connectivity index (χ0) is 37.9. The number of ether oxygens (including phenoxy) is 2. The number of hydrogen-bond acceptors (Lipinski definition) is 10. The summed E-state index contributed by atoms with van der Waals surface area (Å²) in [6.07, 6.45) is 6.96. The molecule has 2 aromatic heterocycles. The molecule has 1 saturated heterocycles. The molecule has 14 nitrogen and oxygen atoms in total. The molecule has 0 saturated carbocycles. The molecule has 0 aliphatic carbocycles. The van der Waals surface area contributed by atoms with Gasteiger partial charge in [-0.05, 0) is 60.9 Å². The lowest BCUT2D eigenvalue weighted by Crippen LogP contribution is -2.65. The Morgan fingerprint density at radius 3 is 2.48 bits per heavy atom. The van der Waals surface area contributed by atoms with Gasteiger partial charge < -0.3 is 29.9 Å². The number of carbonyl (C=O) groups is 1. The lowest BCUT2D eigenvalue weighted by atomic mass is 9.58. The fourth-order valence-electron chi connectivity index (χ4n) is 7.65. The summed E-state index contributed by atoms with van der Waals surface area (Å²) >= 11 is 0. The molecule has 1 aliphatic heterocycles. The Kier molecular flexibility index (Phi) is 11.6. The fraction of sp³-hybridized carbons (Fsp3) is 0.500. The largest absolute Gasteiger partial charge is 0.493 e. The Morgan fingerprint density at radius 2 is 1.81 bits per heavy atom. The van der Waals surface area contributed by atoms with Crippen molar-refractivity contribution in [3.8, 4) is 11.5 Å². The second kappa shape index (κ2) is 15.5. The van der Waals surface area contributed by atoms with E-state index in [9.17, 15) is 23.5 Å². The van der Waals surface area contributed by atoms with E-state index in [1.165, 1.54) is 29.2 Å². The minimum absolute atomic E-state index is 0.0785. The smallest absolute Gasteiger partial charge is 0.470 e. The molecular formula is C36H49FN7O7P. The lowest BCUT2D eigenvalue weighted by molar-refractivity contribution is -0.168. The Labute approximate surface area is 303 Å². The van der Waals surface area contributed by atoms with Crippen LogP contribution in [0, 0.1) is 16.6 Å². The van der Waals surface area contributed by atoms with Crippen LogP contribution in [0.1, 0.15) is 60.8 Å². The van der Waals surface area contributed by atoms with E-state index in [4.69, 9.17) is 14.0 Å². The van der Waals surface area contributed by atoms with E-state index in [0.717, 1.165) is 19.4 Å². The maximum Gasteiger partial charge on any atom is 0.470 e. The number of aromatic nitrogens is 4. The van der Waals surface area contributed by atoms with Gasteiger partial charge in [-0.15, -0.1) is 0 Å². The highest BCUT2D eigenvalue weighted by Crippen LogP contribution is 2.59. The SMILES string of the molecule is COc1cc2c(Nc3cnn(CC(=O)Nc4cccc(F)c4)c3)ncnc2cc1OCCCN1CCC[C@H]1C(OP(=O)(O)O)(C(C)(C)C)C(C)(C)C. The van der Waals surface area contributed by atoms with Gasteiger partial charge in [0.2, 0.25) is 5.91 Å². The molecule has 1 aliphatic rings. The van der Waals surface area contributed by atoms with Gasteiger partial charge in [-0.3, -0.25) is 18.9 Å². The fourth-order valence-corrected chi connectivity index (χ4v) is 8.70. The van der Waals surface area contributed by atoms with Gasteiger partial charge in [0, 0.05) is 35.9 Å².